The molecule has 2 aliphatic rings. The number of rotatable bonds is 9. The summed E-state index contributed by atoms with van der Waals surface area (Å²) in [6.07, 6.45) is -0.651. The number of β-lactam (4-membered cyclic amide) rings is 1. The number of thioether (sulfide) groups is 1. The number of hydrogen-bond acceptors (Lipinski definition) is 11. The standard InChI is InChI=1S/C16H16N6O8S2/c1-29-21-8(7-4-32-16(19-7)18-5-23)11(24)20-9-12(25)22-10(14(26)27)6(2-30-15(17)28)3-31-13(9)22/h4-5,9,13H,2-3H2,1H3,(H2,17,28)(H,20,24)(H,26,27)(H,18,19,23)/t9?,13-/m1/s1. The third kappa shape index (κ3) is 4.50. The lowest BCUT2D eigenvalue weighted by Gasteiger charge is -2.49. The number of aliphatic carboxylic acids is 1. The van der Waals surface area contributed by atoms with E-state index in [1.165, 1.54) is 24.3 Å². The molecule has 0 spiro atoms. The lowest BCUT2D eigenvalue weighted by molar-refractivity contribution is -0.150. The number of carbonyl (C=O) groups is 5. The monoisotopic (exact) mass is 484 g/mol. The van der Waals surface area contributed by atoms with Crippen LogP contribution in [0.2, 0.25) is 0 Å². The van der Waals surface area contributed by atoms with Gasteiger partial charge in [0.15, 0.2) is 10.8 Å². The topological polar surface area (TPSA) is 203 Å². The fraction of sp³-hybridized carbons (Fsp3) is 0.312. The van der Waals surface area contributed by atoms with Crippen molar-refractivity contribution in [1.29, 1.82) is 0 Å². The highest BCUT2D eigenvalue weighted by Gasteiger charge is 2.54. The molecule has 0 saturated carbocycles. The number of anilines is 1. The van der Waals surface area contributed by atoms with Gasteiger partial charge < -0.3 is 31.0 Å². The van der Waals surface area contributed by atoms with Crippen LogP contribution in [0.3, 0.4) is 0 Å². The van der Waals surface area contributed by atoms with E-state index in [0.717, 1.165) is 16.2 Å². The summed E-state index contributed by atoms with van der Waals surface area (Å²) >= 11 is 2.23. The zero-order chi connectivity index (χ0) is 23.4. The van der Waals surface area contributed by atoms with Crippen LogP contribution in [0, 0.1) is 0 Å². The molecule has 170 valence electrons. The number of carbonyl (C=O) groups excluding carboxylic acids is 4. The minimum Gasteiger partial charge on any atom is -0.477 e. The molecular weight excluding hydrogens is 468 g/mol. The van der Waals surface area contributed by atoms with Crippen LogP contribution in [-0.4, -0.2) is 81.9 Å². The molecule has 0 bridgehead atoms. The van der Waals surface area contributed by atoms with E-state index in [-0.39, 0.29) is 40.2 Å². The average molecular weight is 484 g/mol. The molecule has 16 heteroatoms. The predicted molar refractivity (Wildman–Crippen MR) is 111 cm³/mol. The summed E-state index contributed by atoms with van der Waals surface area (Å²) in [5.74, 6) is -2.68. The third-order valence-corrected chi connectivity index (χ3v) is 6.37. The van der Waals surface area contributed by atoms with Crippen LogP contribution in [0.15, 0.2) is 21.8 Å². The van der Waals surface area contributed by atoms with Crippen molar-refractivity contribution < 1.29 is 38.7 Å². The zero-order valence-corrected chi connectivity index (χ0v) is 17.9. The van der Waals surface area contributed by atoms with Gasteiger partial charge in [-0.05, 0) is 0 Å². The number of amides is 4. The predicted octanol–water partition coefficient (Wildman–Crippen LogP) is -1.10. The second kappa shape index (κ2) is 9.65. The number of thiazole rings is 1. The molecule has 32 heavy (non-hydrogen) atoms. The largest absolute Gasteiger partial charge is 0.477 e. The van der Waals surface area contributed by atoms with E-state index in [1.54, 1.807) is 0 Å². The van der Waals surface area contributed by atoms with E-state index < -0.39 is 35.3 Å². The van der Waals surface area contributed by atoms with Gasteiger partial charge in [-0.15, -0.1) is 23.1 Å². The Balaban J connectivity index is 1.76. The fourth-order valence-corrected chi connectivity index (χ4v) is 4.94. The van der Waals surface area contributed by atoms with Gasteiger partial charge in [0.1, 0.15) is 36.5 Å². The van der Waals surface area contributed by atoms with E-state index in [2.05, 4.69) is 30.3 Å². The summed E-state index contributed by atoms with van der Waals surface area (Å²) in [7, 11) is 1.22. The van der Waals surface area contributed by atoms with Gasteiger partial charge in [0.05, 0.1) is 0 Å². The van der Waals surface area contributed by atoms with Gasteiger partial charge in [-0.2, -0.15) is 0 Å². The second-order valence-electron chi connectivity index (χ2n) is 6.15. The number of nitrogens with two attached hydrogens (primary N) is 1. The molecule has 3 heterocycles. The molecule has 2 aliphatic heterocycles. The number of carboxylic acid groups (broad SMARTS) is 1. The number of hydrogen-bond donors (Lipinski definition) is 4. The first-order valence-corrected chi connectivity index (χ1v) is 10.6. The SMILES string of the molecule is CON=C(C(=O)NC1C(=O)N2C(C(=O)O)=C(COC(N)=O)CS[C@H]12)c1csc(NC=O)n1. The summed E-state index contributed by atoms with van der Waals surface area (Å²) in [5, 5.41) is 19.0. The Morgan fingerprint density at radius 1 is 1.47 bits per heavy atom. The molecule has 2 atom stereocenters. The average Bonchev–Trinajstić information content (AvgIpc) is 3.21. The summed E-state index contributed by atoms with van der Waals surface area (Å²) in [4.78, 5) is 68.3. The fourth-order valence-electron chi connectivity index (χ4n) is 2.96. The van der Waals surface area contributed by atoms with Crippen LogP contribution >= 0.6 is 23.1 Å². The first-order chi connectivity index (χ1) is 15.3. The molecule has 1 unspecified atom stereocenters. The number of fused-ring (bicyclic) bond motifs is 1. The van der Waals surface area contributed by atoms with Crippen molar-refractivity contribution in [2.24, 2.45) is 10.9 Å². The Morgan fingerprint density at radius 2 is 2.22 bits per heavy atom. The Bertz CT molecular complexity index is 1040. The Labute approximate surface area is 187 Å². The van der Waals surface area contributed by atoms with Crippen LogP contribution in [-0.2, 0) is 28.8 Å². The first-order valence-electron chi connectivity index (χ1n) is 8.68. The quantitative estimate of drug-likeness (QED) is 0.144. The van der Waals surface area contributed by atoms with E-state index in [9.17, 15) is 29.1 Å². The molecule has 1 fully saturated rings. The number of carboxylic acids is 1. The zero-order valence-electron chi connectivity index (χ0n) is 16.3. The van der Waals surface area contributed by atoms with Gasteiger partial charge in [-0.3, -0.25) is 19.3 Å². The van der Waals surface area contributed by atoms with Crippen molar-refractivity contribution >= 4 is 64.2 Å². The minimum atomic E-state index is -1.38. The van der Waals surface area contributed by atoms with Crippen molar-refractivity contribution in [2.45, 2.75) is 11.4 Å². The van der Waals surface area contributed by atoms with Crippen molar-refractivity contribution in [3.8, 4) is 0 Å². The Hall–Kier alpha value is -3.66. The summed E-state index contributed by atoms with van der Waals surface area (Å²) in [6.45, 7) is -0.372. The highest BCUT2D eigenvalue weighted by molar-refractivity contribution is 8.00. The van der Waals surface area contributed by atoms with E-state index in [1.807, 2.05) is 0 Å². The molecule has 1 aromatic heterocycles. The van der Waals surface area contributed by atoms with Crippen LogP contribution in [0.25, 0.3) is 0 Å². The second-order valence-corrected chi connectivity index (χ2v) is 8.11. The smallest absolute Gasteiger partial charge is 0.404 e. The van der Waals surface area contributed by atoms with Crippen molar-refractivity contribution in [2.75, 3.05) is 24.8 Å². The Morgan fingerprint density at radius 3 is 2.84 bits per heavy atom. The number of nitrogens with one attached hydrogen (secondary N) is 2. The minimum absolute atomic E-state index is 0.107. The van der Waals surface area contributed by atoms with Crippen molar-refractivity contribution in [1.82, 2.24) is 15.2 Å². The lowest BCUT2D eigenvalue weighted by Crippen LogP contribution is -2.71. The third-order valence-electron chi connectivity index (χ3n) is 4.25. The molecular formula is C16H16N6O8S2. The van der Waals surface area contributed by atoms with Gasteiger partial charge in [0.25, 0.3) is 11.8 Å². The number of ether oxygens (including phenoxy) is 1. The van der Waals surface area contributed by atoms with Crippen molar-refractivity contribution in [3.05, 3.63) is 22.3 Å². The maximum Gasteiger partial charge on any atom is 0.404 e. The summed E-state index contributed by atoms with van der Waals surface area (Å²) in [6, 6.07) is -1.03. The Kier molecular flexibility index (Phi) is 6.94. The maximum atomic E-state index is 12.8. The van der Waals surface area contributed by atoms with Gasteiger partial charge in [0.2, 0.25) is 6.41 Å². The van der Waals surface area contributed by atoms with Crippen LogP contribution < -0.4 is 16.4 Å². The van der Waals surface area contributed by atoms with Crippen LogP contribution in [0.4, 0.5) is 9.93 Å². The molecule has 3 rings (SSSR count). The summed E-state index contributed by atoms with van der Waals surface area (Å²) < 4.78 is 4.66. The molecule has 1 saturated heterocycles. The van der Waals surface area contributed by atoms with E-state index >= 15 is 0 Å². The highest BCUT2D eigenvalue weighted by Crippen LogP contribution is 2.40. The van der Waals surface area contributed by atoms with Crippen LogP contribution in [0.1, 0.15) is 5.69 Å². The van der Waals surface area contributed by atoms with Crippen LogP contribution in [0.5, 0.6) is 0 Å². The molecule has 0 aromatic carbocycles. The molecule has 1 aromatic rings. The van der Waals surface area contributed by atoms with E-state index in [0.29, 0.717) is 6.41 Å². The molecule has 14 nitrogen and oxygen atoms in total. The van der Waals surface area contributed by atoms with Gasteiger partial charge in [-0.25, -0.2) is 14.6 Å². The number of primary amides is 1. The molecule has 4 amide bonds. The normalized spacial score (nSPS) is 20.1. The van der Waals surface area contributed by atoms with Crippen molar-refractivity contribution in [3.63, 3.8) is 0 Å². The first kappa shape index (κ1) is 23.0. The van der Waals surface area contributed by atoms with E-state index in [4.69, 9.17) is 5.73 Å². The number of aromatic nitrogens is 1. The highest BCUT2D eigenvalue weighted by atomic mass is 32.2. The van der Waals surface area contributed by atoms with Gasteiger partial charge in [0, 0.05) is 16.7 Å². The summed E-state index contributed by atoms with van der Waals surface area (Å²) in [5.41, 5.74) is 4.67. The molecule has 5 N–H and O–H groups in total. The maximum absolute atomic E-state index is 12.8. The lowest BCUT2D eigenvalue weighted by atomic mass is 10.0. The van der Waals surface area contributed by atoms with Gasteiger partial charge >= 0.3 is 12.1 Å². The molecule has 0 aliphatic carbocycles. The number of nitrogens with zero attached hydrogens (tertiary/aromatic N) is 3. The molecule has 0 radical (unpaired) electrons. The number of oxime groups is 1. The van der Waals surface area contributed by atoms with Gasteiger partial charge in [-0.1, -0.05) is 5.16 Å².